The fourth-order valence-corrected chi connectivity index (χ4v) is 1.73. The van der Waals surface area contributed by atoms with Crippen LogP contribution in [0.2, 0.25) is 0 Å². The van der Waals surface area contributed by atoms with Crippen LogP contribution in [-0.2, 0) is 0 Å². The Morgan fingerprint density at radius 1 is 0.400 bits per heavy atom. The average molecular weight is 270 g/mol. The smallest absolute Gasteiger partial charge is 0.157 e. The number of aromatic hydroxyl groups is 4. The summed E-state index contributed by atoms with van der Waals surface area (Å²) in [6, 6.07) is 16.3. The number of phenols is 4. The Morgan fingerprint density at radius 2 is 0.750 bits per heavy atom. The van der Waals surface area contributed by atoms with Gasteiger partial charge in [-0.05, 0) is 24.3 Å². The van der Waals surface area contributed by atoms with Crippen molar-refractivity contribution in [3.63, 3.8) is 0 Å². The molecule has 0 atom stereocenters. The summed E-state index contributed by atoms with van der Waals surface area (Å²) in [6.07, 6.45) is 0. The van der Waals surface area contributed by atoms with Crippen LogP contribution in [0.5, 0.6) is 23.0 Å². The summed E-state index contributed by atoms with van der Waals surface area (Å²) in [6.45, 7) is 0. The Balaban J connectivity index is 0.000000160. The lowest BCUT2D eigenvalue weighted by Gasteiger charge is -2.01. The number of fused-ring (bicyclic) bond motifs is 1. The topological polar surface area (TPSA) is 80.9 Å². The number of hydrogen-bond acceptors (Lipinski definition) is 4. The average Bonchev–Trinajstić information content (AvgIpc) is 2.47. The normalized spacial score (nSPS) is 9.80. The predicted octanol–water partition coefficient (Wildman–Crippen LogP) is 3.35. The summed E-state index contributed by atoms with van der Waals surface area (Å²) >= 11 is 0. The molecule has 102 valence electrons. The van der Waals surface area contributed by atoms with E-state index in [4.69, 9.17) is 10.2 Å². The Morgan fingerprint density at radius 3 is 1.10 bits per heavy atom. The molecule has 0 saturated heterocycles. The van der Waals surface area contributed by atoms with Gasteiger partial charge in [0.05, 0.1) is 0 Å². The maximum absolute atomic E-state index is 9.38. The molecular weight excluding hydrogens is 256 g/mol. The van der Waals surface area contributed by atoms with Crippen LogP contribution in [0, 0.1) is 0 Å². The van der Waals surface area contributed by atoms with Crippen LogP contribution < -0.4 is 0 Å². The minimum absolute atomic E-state index is 0.0764. The molecule has 0 aliphatic heterocycles. The molecule has 0 unspecified atom stereocenters. The van der Waals surface area contributed by atoms with E-state index in [0.717, 1.165) is 0 Å². The van der Waals surface area contributed by atoms with Gasteiger partial charge in [-0.15, -0.1) is 0 Å². The third-order valence-corrected chi connectivity index (χ3v) is 2.76. The van der Waals surface area contributed by atoms with Crippen LogP contribution >= 0.6 is 0 Å². The van der Waals surface area contributed by atoms with Crippen molar-refractivity contribution < 1.29 is 20.4 Å². The Bertz CT molecular complexity index is 661. The molecule has 0 amide bonds. The van der Waals surface area contributed by atoms with E-state index in [9.17, 15) is 10.2 Å². The third-order valence-electron chi connectivity index (χ3n) is 2.76. The van der Waals surface area contributed by atoms with Crippen molar-refractivity contribution in [1.29, 1.82) is 0 Å². The van der Waals surface area contributed by atoms with Crippen LogP contribution in [0.15, 0.2) is 60.7 Å². The van der Waals surface area contributed by atoms with E-state index < -0.39 is 0 Å². The molecule has 0 saturated carbocycles. The molecule has 4 nitrogen and oxygen atoms in total. The molecule has 0 aliphatic carbocycles. The summed E-state index contributed by atoms with van der Waals surface area (Å²) in [4.78, 5) is 0. The molecule has 4 heteroatoms. The molecule has 0 aliphatic rings. The third kappa shape index (κ3) is 2.92. The lowest BCUT2D eigenvalue weighted by atomic mass is 10.1. The Hall–Kier alpha value is -2.88. The zero-order valence-corrected chi connectivity index (χ0v) is 10.6. The SMILES string of the molecule is Oc1ccc(O)c2ccccc12.Oc1ccccc1O. The summed E-state index contributed by atoms with van der Waals surface area (Å²) in [5.41, 5.74) is 0. The van der Waals surface area contributed by atoms with Crippen molar-refractivity contribution in [2.75, 3.05) is 0 Å². The highest BCUT2D eigenvalue weighted by molar-refractivity contribution is 5.92. The molecule has 0 radical (unpaired) electrons. The van der Waals surface area contributed by atoms with Crippen LogP contribution in [0.25, 0.3) is 10.8 Å². The van der Waals surface area contributed by atoms with Gasteiger partial charge in [-0.3, -0.25) is 0 Å². The van der Waals surface area contributed by atoms with Gasteiger partial charge in [-0.25, -0.2) is 0 Å². The Labute approximate surface area is 115 Å². The number of para-hydroxylation sites is 2. The van der Waals surface area contributed by atoms with Crippen molar-refractivity contribution in [2.45, 2.75) is 0 Å². The molecule has 0 fully saturated rings. The molecule has 0 spiro atoms. The predicted molar refractivity (Wildman–Crippen MR) is 77.0 cm³/mol. The van der Waals surface area contributed by atoms with Gasteiger partial charge < -0.3 is 20.4 Å². The van der Waals surface area contributed by atoms with Gasteiger partial charge in [0, 0.05) is 10.8 Å². The lowest BCUT2D eigenvalue weighted by molar-refractivity contribution is 0.404. The number of hydrogen-bond donors (Lipinski definition) is 4. The fraction of sp³-hybridized carbons (Fsp3) is 0. The van der Waals surface area contributed by atoms with Crippen molar-refractivity contribution >= 4 is 10.8 Å². The van der Waals surface area contributed by atoms with E-state index in [1.54, 1.807) is 24.3 Å². The van der Waals surface area contributed by atoms with Crippen LogP contribution in [0.4, 0.5) is 0 Å². The van der Waals surface area contributed by atoms with E-state index in [1.807, 2.05) is 12.1 Å². The van der Waals surface area contributed by atoms with Crippen LogP contribution in [0.1, 0.15) is 0 Å². The quantitative estimate of drug-likeness (QED) is 0.373. The van der Waals surface area contributed by atoms with Gasteiger partial charge in [-0.1, -0.05) is 36.4 Å². The van der Waals surface area contributed by atoms with E-state index >= 15 is 0 Å². The van der Waals surface area contributed by atoms with Crippen molar-refractivity contribution in [3.8, 4) is 23.0 Å². The standard InChI is InChI=1S/C10H8O2.C6H6O2/c11-9-5-6-10(12)8-4-2-1-3-7(8)9;7-5-3-1-2-4-6(5)8/h1-6,11-12H;1-4,7-8H. The molecule has 0 aromatic heterocycles. The van der Waals surface area contributed by atoms with Crippen molar-refractivity contribution in [2.24, 2.45) is 0 Å². The molecule has 0 heterocycles. The second kappa shape index (κ2) is 5.84. The molecule has 4 N–H and O–H groups in total. The molecule has 3 aromatic rings. The second-order valence-electron chi connectivity index (χ2n) is 4.14. The first-order valence-corrected chi connectivity index (χ1v) is 5.96. The second-order valence-corrected chi connectivity index (χ2v) is 4.14. The summed E-state index contributed by atoms with van der Waals surface area (Å²) in [7, 11) is 0. The fourth-order valence-electron chi connectivity index (χ4n) is 1.73. The maximum Gasteiger partial charge on any atom is 0.157 e. The maximum atomic E-state index is 9.38. The zero-order chi connectivity index (χ0) is 14.5. The van der Waals surface area contributed by atoms with E-state index in [0.29, 0.717) is 10.8 Å². The van der Waals surface area contributed by atoms with E-state index in [-0.39, 0.29) is 23.0 Å². The van der Waals surface area contributed by atoms with Gasteiger partial charge in [0.1, 0.15) is 11.5 Å². The summed E-state index contributed by atoms with van der Waals surface area (Å²) in [5, 5.41) is 37.5. The summed E-state index contributed by atoms with van der Waals surface area (Å²) < 4.78 is 0. The van der Waals surface area contributed by atoms with E-state index in [2.05, 4.69) is 0 Å². The molecule has 3 rings (SSSR count). The van der Waals surface area contributed by atoms with Gasteiger partial charge in [0.15, 0.2) is 11.5 Å². The molecule has 20 heavy (non-hydrogen) atoms. The van der Waals surface area contributed by atoms with E-state index in [1.165, 1.54) is 24.3 Å². The molecule has 0 bridgehead atoms. The number of benzene rings is 3. The first-order chi connectivity index (χ1) is 9.59. The summed E-state index contributed by atoms with van der Waals surface area (Å²) in [5.74, 6) is 0.242. The molecule has 3 aromatic carbocycles. The van der Waals surface area contributed by atoms with Crippen LogP contribution in [-0.4, -0.2) is 20.4 Å². The highest BCUT2D eigenvalue weighted by Gasteiger charge is 2.01. The van der Waals surface area contributed by atoms with Crippen molar-refractivity contribution in [1.82, 2.24) is 0 Å². The molecular formula is C16H14O4. The Kier molecular flexibility index (Phi) is 3.96. The minimum Gasteiger partial charge on any atom is -0.507 e. The largest absolute Gasteiger partial charge is 0.507 e. The first kappa shape index (κ1) is 13.5. The zero-order valence-electron chi connectivity index (χ0n) is 10.6. The minimum atomic E-state index is -0.0764. The van der Waals surface area contributed by atoms with Gasteiger partial charge >= 0.3 is 0 Å². The highest BCUT2D eigenvalue weighted by Crippen LogP contribution is 2.30. The highest BCUT2D eigenvalue weighted by atomic mass is 16.3. The monoisotopic (exact) mass is 270 g/mol. The van der Waals surface area contributed by atoms with Crippen LogP contribution in [0.3, 0.4) is 0 Å². The lowest BCUT2D eigenvalue weighted by Crippen LogP contribution is -1.73. The first-order valence-electron chi connectivity index (χ1n) is 5.96. The number of rotatable bonds is 0. The van der Waals surface area contributed by atoms with Gasteiger partial charge in [0.2, 0.25) is 0 Å². The number of phenolic OH excluding ortho intramolecular Hbond substituents is 4. The van der Waals surface area contributed by atoms with Crippen molar-refractivity contribution in [3.05, 3.63) is 60.7 Å². The van der Waals surface area contributed by atoms with Gasteiger partial charge in [0.25, 0.3) is 0 Å². The van der Waals surface area contributed by atoms with Gasteiger partial charge in [-0.2, -0.15) is 0 Å².